The Hall–Kier alpha value is -4.86. The number of phenols is 3. The van der Waals surface area contributed by atoms with Crippen LogP contribution in [0.3, 0.4) is 0 Å². The molecule has 0 fully saturated rings. The summed E-state index contributed by atoms with van der Waals surface area (Å²) in [6.07, 6.45) is -0.0798. The van der Waals surface area contributed by atoms with E-state index in [1.165, 1.54) is 37.4 Å². The molecule has 0 bridgehead atoms. The van der Waals surface area contributed by atoms with E-state index in [1.807, 2.05) is 0 Å². The highest BCUT2D eigenvalue weighted by molar-refractivity contribution is 5.93. The number of esters is 1. The highest BCUT2D eigenvalue weighted by atomic mass is 16.7. The molecule has 182 valence electrons. The third-order valence-electron chi connectivity index (χ3n) is 6.27. The van der Waals surface area contributed by atoms with Crippen molar-refractivity contribution in [3.63, 3.8) is 0 Å². The zero-order valence-corrected chi connectivity index (χ0v) is 18.7. The number of carbonyl (C=O) groups excluding carboxylic acids is 1. The average Bonchev–Trinajstić information content (AvgIpc) is 3.33. The van der Waals surface area contributed by atoms with Crippen molar-refractivity contribution in [1.82, 2.24) is 0 Å². The highest BCUT2D eigenvalue weighted by Gasteiger charge is 2.35. The van der Waals surface area contributed by atoms with Crippen molar-refractivity contribution in [2.24, 2.45) is 0 Å². The van der Waals surface area contributed by atoms with Crippen LogP contribution in [0.4, 0.5) is 0 Å². The fraction of sp³-hybridized carbons (Fsp3) is 0.154. The number of carbonyl (C=O) groups is 1. The van der Waals surface area contributed by atoms with Gasteiger partial charge < -0.3 is 38.7 Å². The van der Waals surface area contributed by atoms with Gasteiger partial charge in [0.15, 0.2) is 28.4 Å². The molecule has 1 aromatic heterocycles. The van der Waals surface area contributed by atoms with Crippen molar-refractivity contribution >= 4 is 16.9 Å². The molecule has 0 saturated heterocycles. The van der Waals surface area contributed by atoms with Gasteiger partial charge in [0, 0.05) is 29.2 Å². The molecule has 0 spiro atoms. The van der Waals surface area contributed by atoms with Crippen LogP contribution in [0.2, 0.25) is 0 Å². The second-order valence-electron chi connectivity index (χ2n) is 8.38. The lowest BCUT2D eigenvalue weighted by Crippen LogP contribution is -2.22. The quantitative estimate of drug-likeness (QED) is 0.220. The SMILES string of the molecule is COc1cc(C2CC(=O)Oc3cc(O)c4c(=O)cc(-c5ccc(O)c(O)c5)oc4c32)cc2c1OCO2. The lowest BCUT2D eigenvalue weighted by molar-refractivity contribution is -0.135. The van der Waals surface area contributed by atoms with E-state index in [2.05, 4.69) is 0 Å². The summed E-state index contributed by atoms with van der Waals surface area (Å²) < 4.78 is 28.0. The normalized spacial score (nSPS) is 16.0. The van der Waals surface area contributed by atoms with Crippen LogP contribution in [0.5, 0.6) is 40.2 Å². The van der Waals surface area contributed by atoms with Crippen molar-refractivity contribution in [3.05, 3.63) is 63.8 Å². The molecule has 2 aliphatic heterocycles. The molecule has 10 nitrogen and oxygen atoms in total. The van der Waals surface area contributed by atoms with Crippen molar-refractivity contribution in [3.8, 4) is 51.6 Å². The first-order chi connectivity index (χ1) is 17.3. The molecular formula is C26H18O10. The zero-order valence-electron chi connectivity index (χ0n) is 18.7. The Bertz CT molecular complexity index is 1630. The van der Waals surface area contributed by atoms with Crippen molar-refractivity contribution in [2.75, 3.05) is 13.9 Å². The topological polar surface area (TPSA) is 145 Å². The van der Waals surface area contributed by atoms with E-state index >= 15 is 0 Å². The van der Waals surface area contributed by atoms with E-state index in [0.29, 0.717) is 33.9 Å². The van der Waals surface area contributed by atoms with Crippen LogP contribution in [0.1, 0.15) is 23.5 Å². The highest BCUT2D eigenvalue weighted by Crippen LogP contribution is 2.50. The predicted octanol–water partition coefficient (Wildman–Crippen LogP) is 3.76. The Morgan fingerprint density at radius 1 is 0.917 bits per heavy atom. The largest absolute Gasteiger partial charge is 0.507 e. The van der Waals surface area contributed by atoms with Crippen LogP contribution in [0.25, 0.3) is 22.3 Å². The van der Waals surface area contributed by atoms with Gasteiger partial charge in [0.1, 0.15) is 28.2 Å². The summed E-state index contributed by atoms with van der Waals surface area (Å²) in [4.78, 5) is 25.6. The molecule has 0 amide bonds. The van der Waals surface area contributed by atoms with Gasteiger partial charge >= 0.3 is 5.97 Å². The number of fused-ring (bicyclic) bond motifs is 4. The molecular weight excluding hydrogens is 472 g/mol. The van der Waals surface area contributed by atoms with Crippen LogP contribution in [-0.4, -0.2) is 35.2 Å². The zero-order chi connectivity index (χ0) is 25.1. The third kappa shape index (κ3) is 3.26. The number of aromatic hydroxyl groups is 3. The molecule has 3 aromatic carbocycles. The number of benzene rings is 3. The van der Waals surface area contributed by atoms with Crippen molar-refractivity contribution < 1.29 is 43.5 Å². The fourth-order valence-electron chi connectivity index (χ4n) is 4.61. The molecule has 0 aliphatic carbocycles. The maximum absolute atomic E-state index is 13.1. The Labute approximate surface area is 202 Å². The van der Waals surface area contributed by atoms with E-state index in [4.69, 9.17) is 23.4 Å². The minimum atomic E-state index is -0.639. The molecule has 4 aromatic rings. The van der Waals surface area contributed by atoms with Crippen LogP contribution in [-0.2, 0) is 4.79 Å². The lowest BCUT2D eigenvalue weighted by atomic mass is 9.84. The summed E-state index contributed by atoms with van der Waals surface area (Å²) in [5, 5.41) is 30.1. The van der Waals surface area contributed by atoms with E-state index in [-0.39, 0.29) is 41.4 Å². The molecule has 10 heteroatoms. The first kappa shape index (κ1) is 21.7. The number of phenolic OH excluding ortho intramolecular Hbond substituents is 3. The maximum Gasteiger partial charge on any atom is 0.312 e. The minimum absolute atomic E-state index is 0.0208. The Kier molecular flexibility index (Phi) is 4.72. The smallest absolute Gasteiger partial charge is 0.312 e. The second kappa shape index (κ2) is 7.84. The summed E-state index contributed by atoms with van der Waals surface area (Å²) in [7, 11) is 1.48. The van der Waals surface area contributed by atoms with Crippen LogP contribution in [0.15, 0.2) is 51.7 Å². The van der Waals surface area contributed by atoms with Gasteiger partial charge in [-0.15, -0.1) is 0 Å². The van der Waals surface area contributed by atoms with Crippen LogP contribution < -0.4 is 24.4 Å². The number of hydrogen-bond donors (Lipinski definition) is 3. The summed E-state index contributed by atoms with van der Waals surface area (Å²) in [5.74, 6) is -0.899. The number of methoxy groups -OCH3 is 1. The molecule has 2 aliphatic rings. The summed E-state index contributed by atoms with van der Waals surface area (Å²) in [6, 6.07) is 9.79. The Balaban J connectivity index is 1.63. The monoisotopic (exact) mass is 490 g/mol. The molecule has 0 saturated carbocycles. The van der Waals surface area contributed by atoms with Crippen LogP contribution >= 0.6 is 0 Å². The van der Waals surface area contributed by atoms with E-state index in [1.54, 1.807) is 12.1 Å². The number of ether oxygens (including phenoxy) is 4. The summed E-state index contributed by atoms with van der Waals surface area (Å²) >= 11 is 0. The molecule has 36 heavy (non-hydrogen) atoms. The van der Waals surface area contributed by atoms with Gasteiger partial charge in [-0.05, 0) is 35.9 Å². The van der Waals surface area contributed by atoms with Crippen LogP contribution in [0, 0.1) is 0 Å². The number of hydrogen-bond acceptors (Lipinski definition) is 10. The van der Waals surface area contributed by atoms with Gasteiger partial charge in [-0.3, -0.25) is 9.59 Å². The van der Waals surface area contributed by atoms with E-state index in [0.717, 1.165) is 0 Å². The average molecular weight is 490 g/mol. The molecule has 1 atom stereocenters. The van der Waals surface area contributed by atoms with Crippen molar-refractivity contribution in [2.45, 2.75) is 12.3 Å². The summed E-state index contributed by atoms with van der Waals surface area (Å²) in [6.45, 7) is 0.0208. The third-order valence-corrected chi connectivity index (χ3v) is 6.27. The van der Waals surface area contributed by atoms with Gasteiger partial charge in [0.2, 0.25) is 12.5 Å². The molecule has 3 heterocycles. The Morgan fingerprint density at radius 2 is 1.75 bits per heavy atom. The Morgan fingerprint density at radius 3 is 2.53 bits per heavy atom. The van der Waals surface area contributed by atoms with E-state index in [9.17, 15) is 24.9 Å². The molecule has 3 N–H and O–H groups in total. The molecule has 0 radical (unpaired) electrons. The number of rotatable bonds is 3. The van der Waals surface area contributed by atoms with Gasteiger partial charge in [0.05, 0.1) is 13.5 Å². The lowest BCUT2D eigenvalue weighted by Gasteiger charge is -2.26. The molecule has 6 rings (SSSR count). The standard InChI is InChI=1S/C26H18O10/c1-32-20-5-12(6-21-25(20)34-10-33-21)13-7-22(31)35-19-9-17(30)24-16(29)8-18(36-26(24)23(13)19)11-2-3-14(27)15(28)4-11/h2-6,8-9,13,27-28,30H,7,10H2,1H3. The minimum Gasteiger partial charge on any atom is -0.507 e. The molecule has 1 unspecified atom stereocenters. The maximum atomic E-state index is 13.1. The predicted molar refractivity (Wildman–Crippen MR) is 124 cm³/mol. The fourth-order valence-corrected chi connectivity index (χ4v) is 4.61. The van der Waals surface area contributed by atoms with Gasteiger partial charge in [0.25, 0.3) is 0 Å². The van der Waals surface area contributed by atoms with Gasteiger partial charge in [-0.2, -0.15) is 0 Å². The summed E-state index contributed by atoms with van der Waals surface area (Å²) in [5.41, 5.74) is 0.796. The van der Waals surface area contributed by atoms with Gasteiger partial charge in [-0.25, -0.2) is 0 Å². The first-order valence-electron chi connectivity index (χ1n) is 10.9. The van der Waals surface area contributed by atoms with Crippen molar-refractivity contribution in [1.29, 1.82) is 0 Å². The first-order valence-corrected chi connectivity index (χ1v) is 10.9. The second-order valence-corrected chi connectivity index (χ2v) is 8.38. The van der Waals surface area contributed by atoms with E-state index < -0.39 is 28.8 Å². The van der Waals surface area contributed by atoms with Gasteiger partial charge in [-0.1, -0.05) is 0 Å².